The van der Waals surface area contributed by atoms with Crippen LogP contribution in [0, 0.1) is 0 Å². The van der Waals surface area contributed by atoms with Crippen LogP contribution >= 0.6 is 0 Å². The highest BCUT2D eigenvalue weighted by Crippen LogP contribution is 2.31. The molecule has 0 aliphatic carbocycles. The maximum atomic E-state index is 11.4. The summed E-state index contributed by atoms with van der Waals surface area (Å²) in [5, 5.41) is 13.5. The quantitative estimate of drug-likeness (QED) is 0.469. The smallest absolute Gasteiger partial charge is 0.143 e. The number of imidazole rings is 1. The number of fused-ring (bicyclic) bond motifs is 2. The van der Waals surface area contributed by atoms with E-state index in [1.54, 1.807) is 0 Å². The van der Waals surface area contributed by atoms with E-state index in [9.17, 15) is 5.11 Å². The first-order chi connectivity index (χ1) is 13.8. The van der Waals surface area contributed by atoms with Gasteiger partial charge in [0, 0.05) is 6.54 Å². The Morgan fingerprint density at radius 3 is 2.36 bits per heavy atom. The molecular weight excluding hydrogens is 344 g/mol. The van der Waals surface area contributed by atoms with Crippen molar-refractivity contribution in [2.45, 2.75) is 12.6 Å². The molecule has 1 aromatic heterocycles. The van der Waals surface area contributed by atoms with E-state index in [-0.39, 0.29) is 0 Å². The molecule has 0 bridgehead atoms. The van der Waals surface area contributed by atoms with Gasteiger partial charge in [0.25, 0.3) is 0 Å². The Kier molecular flexibility index (Phi) is 4.15. The van der Waals surface area contributed by atoms with Crippen molar-refractivity contribution >= 4 is 21.8 Å². The monoisotopic (exact) mass is 364 g/mol. The molecule has 5 aromatic rings. The minimum Gasteiger partial charge on any atom is -0.380 e. The number of hydrogen-bond acceptors (Lipinski definition) is 2. The average molecular weight is 364 g/mol. The molecule has 0 aliphatic rings. The van der Waals surface area contributed by atoms with Gasteiger partial charge in [0.05, 0.1) is 11.0 Å². The Morgan fingerprint density at radius 2 is 1.46 bits per heavy atom. The van der Waals surface area contributed by atoms with Crippen LogP contribution in [-0.4, -0.2) is 14.7 Å². The van der Waals surface area contributed by atoms with Gasteiger partial charge in [-0.2, -0.15) is 0 Å². The fourth-order valence-electron chi connectivity index (χ4n) is 3.86. The van der Waals surface area contributed by atoms with E-state index in [4.69, 9.17) is 4.98 Å². The fraction of sp³-hybridized carbons (Fsp3) is 0.0800. The van der Waals surface area contributed by atoms with Gasteiger partial charge in [0.1, 0.15) is 11.9 Å². The predicted octanol–water partition coefficient (Wildman–Crippen LogP) is 5.32. The fourth-order valence-corrected chi connectivity index (χ4v) is 3.86. The highest BCUT2D eigenvalue weighted by Gasteiger charge is 2.21. The molecular formula is C25H20N2O. The lowest BCUT2D eigenvalue weighted by molar-refractivity contribution is 0.207. The van der Waals surface area contributed by atoms with Crippen molar-refractivity contribution in [3.05, 3.63) is 114 Å². The number of rotatable bonds is 4. The van der Waals surface area contributed by atoms with Crippen molar-refractivity contribution in [3.63, 3.8) is 0 Å². The zero-order valence-electron chi connectivity index (χ0n) is 15.4. The highest BCUT2D eigenvalue weighted by atomic mass is 16.3. The van der Waals surface area contributed by atoms with Crippen LogP contribution in [0.3, 0.4) is 0 Å². The van der Waals surface area contributed by atoms with E-state index in [0.717, 1.165) is 27.4 Å². The third kappa shape index (κ3) is 2.86. The summed E-state index contributed by atoms with van der Waals surface area (Å²) in [5.41, 5.74) is 3.98. The molecule has 0 saturated carbocycles. The third-order valence-corrected chi connectivity index (χ3v) is 5.23. The van der Waals surface area contributed by atoms with E-state index >= 15 is 0 Å². The lowest BCUT2D eigenvalue weighted by atomic mass is 10.00. The molecule has 0 amide bonds. The minimum absolute atomic E-state index is 0.665. The van der Waals surface area contributed by atoms with Crippen LogP contribution < -0.4 is 0 Å². The molecule has 1 atom stereocenters. The zero-order valence-corrected chi connectivity index (χ0v) is 15.4. The van der Waals surface area contributed by atoms with Crippen molar-refractivity contribution in [1.82, 2.24) is 9.55 Å². The van der Waals surface area contributed by atoms with Gasteiger partial charge in [-0.3, -0.25) is 0 Å². The number of benzene rings is 4. The third-order valence-electron chi connectivity index (χ3n) is 5.23. The van der Waals surface area contributed by atoms with Crippen molar-refractivity contribution in [3.8, 4) is 0 Å². The van der Waals surface area contributed by atoms with Gasteiger partial charge >= 0.3 is 0 Å². The molecule has 0 unspecified atom stereocenters. The molecule has 0 spiro atoms. The first kappa shape index (κ1) is 16.7. The second kappa shape index (κ2) is 6.95. The van der Waals surface area contributed by atoms with Gasteiger partial charge in [-0.25, -0.2) is 4.98 Å². The maximum absolute atomic E-state index is 11.4. The van der Waals surface area contributed by atoms with Crippen LogP contribution in [0.1, 0.15) is 23.1 Å². The Bertz CT molecular complexity index is 1250. The molecule has 0 radical (unpaired) electrons. The number of aromatic nitrogens is 2. The van der Waals surface area contributed by atoms with Gasteiger partial charge in [-0.1, -0.05) is 84.9 Å². The number of hydrogen-bond donors (Lipinski definition) is 1. The molecule has 0 fully saturated rings. The first-order valence-corrected chi connectivity index (χ1v) is 9.46. The van der Waals surface area contributed by atoms with Crippen LogP contribution in [0.5, 0.6) is 0 Å². The van der Waals surface area contributed by atoms with Crippen molar-refractivity contribution in [1.29, 1.82) is 0 Å². The van der Waals surface area contributed by atoms with Crippen molar-refractivity contribution in [2.24, 2.45) is 0 Å². The molecule has 4 aromatic carbocycles. The molecule has 0 saturated heterocycles. The second-order valence-electron chi connectivity index (χ2n) is 7.00. The molecule has 1 N–H and O–H groups in total. The van der Waals surface area contributed by atoms with E-state index in [1.165, 1.54) is 5.56 Å². The summed E-state index contributed by atoms with van der Waals surface area (Å²) < 4.78 is 2.12. The maximum Gasteiger partial charge on any atom is 0.143 e. The molecule has 0 aliphatic heterocycles. The Morgan fingerprint density at radius 1 is 0.750 bits per heavy atom. The summed E-state index contributed by atoms with van der Waals surface area (Å²) in [4.78, 5) is 4.80. The number of para-hydroxylation sites is 2. The highest BCUT2D eigenvalue weighted by molar-refractivity contribution is 5.86. The predicted molar refractivity (Wildman–Crippen MR) is 113 cm³/mol. The largest absolute Gasteiger partial charge is 0.380 e. The summed E-state index contributed by atoms with van der Waals surface area (Å²) >= 11 is 0. The van der Waals surface area contributed by atoms with E-state index < -0.39 is 6.10 Å². The average Bonchev–Trinajstić information content (AvgIpc) is 3.12. The van der Waals surface area contributed by atoms with Gasteiger partial charge in [-0.15, -0.1) is 0 Å². The van der Waals surface area contributed by atoms with Crippen LogP contribution in [0.2, 0.25) is 0 Å². The first-order valence-electron chi connectivity index (χ1n) is 9.46. The van der Waals surface area contributed by atoms with Crippen LogP contribution in [0.4, 0.5) is 0 Å². The number of aliphatic hydroxyl groups is 1. The molecule has 1 heterocycles. The summed E-state index contributed by atoms with van der Waals surface area (Å²) in [7, 11) is 0. The SMILES string of the molecule is O[C@@H](c1cccc2ccccc12)c1nc2ccccc2n1Cc1ccccc1. The summed E-state index contributed by atoms with van der Waals surface area (Å²) in [6, 6.07) is 32.5. The van der Waals surface area contributed by atoms with Crippen molar-refractivity contribution < 1.29 is 5.11 Å². The Balaban J connectivity index is 1.68. The number of nitrogens with zero attached hydrogens (tertiary/aromatic N) is 2. The summed E-state index contributed by atoms with van der Waals surface area (Å²) in [6.07, 6.45) is -0.804. The Labute approximate surface area is 163 Å². The molecule has 28 heavy (non-hydrogen) atoms. The van der Waals surface area contributed by atoms with Crippen LogP contribution in [-0.2, 0) is 6.54 Å². The molecule has 5 rings (SSSR count). The summed E-state index contributed by atoms with van der Waals surface area (Å²) in [6.45, 7) is 0.665. The lowest BCUT2D eigenvalue weighted by Crippen LogP contribution is -2.11. The normalized spacial score (nSPS) is 12.5. The van der Waals surface area contributed by atoms with Gasteiger partial charge < -0.3 is 9.67 Å². The standard InChI is InChI=1S/C25H20N2O/c28-24(21-14-8-12-19-11-4-5-13-20(19)21)25-26-22-15-6-7-16-23(22)27(25)17-18-9-2-1-3-10-18/h1-16,24,28H,17H2/t24-/m0/s1. The van der Waals surface area contributed by atoms with Gasteiger partial charge in [-0.05, 0) is 34.0 Å². The van der Waals surface area contributed by atoms with Crippen LogP contribution in [0.25, 0.3) is 21.8 Å². The van der Waals surface area contributed by atoms with E-state index in [2.05, 4.69) is 41.0 Å². The second-order valence-corrected chi connectivity index (χ2v) is 7.00. The minimum atomic E-state index is -0.804. The van der Waals surface area contributed by atoms with Crippen LogP contribution in [0.15, 0.2) is 97.1 Å². The molecule has 136 valence electrons. The summed E-state index contributed by atoms with van der Waals surface area (Å²) in [5.74, 6) is 0.668. The van der Waals surface area contributed by atoms with Gasteiger partial charge in [0.15, 0.2) is 0 Å². The number of aliphatic hydroxyl groups excluding tert-OH is 1. The van der Waals surface area contributed by atoms with E-state index in [0.29, 0.717) is 12.4 Å². The van der Waals surface area contributed by atoms with Crippen molar-refractivity contribution in [2.75, 3.05) is 0 Å². The lowest BCUT2D eigenvalue weighted by Gasteiger charge is -2.16. The molecule has 3 nitrogen and oxygen atoms in total. The molecule has 3 heteroatoms. The Hall–Kier alpha value is -3.43. The van der Waals surface area contributed by atoms with Gasteiger partial charge in [0.2, 0.25) is 0 Å². The van der Waals surface area contributed by atoms with E-state index in [1.807, 2.05) is 60.7 Å². The zero-order chi connectivity index (χ0) is 18.9. The topological polar surface area (TPSA) is 38.1 Å².